The molecule has 3 rings (SSSR count). The molecule has 5 heteroatoms. The fraction of sp³-hybridized carbons (Fsp3) is 0.500. The van der Waals surface area contributed by atoms with Gasteiger partial charge in [0.25, 0.3) is 5.89 Å². The topological polar surface area (TPSA) is 51.0 Å². The van der Waals surface area contributed by atoms with Crippen molar-refractivity contribution < 1.29 is 8.91 Å². The molecular weight excluding hydrogens is 413 g/mol. The van der Waals surface area contributed by atoms with Crippen LogP contribution in [0.15, 0.2) is 53.1 Å². The average molecular weight is 452 g/mol. The van der Waals surface area contributed by atoms with E-state index in [1.165, 1.54) is 57.4 Å². The number of hydrogen-bond donors (Lipinski definition) is 1. The Kier molecular flexibility index (Phi) is 11.1. The van der Waals surface area contributed by atoms with Gasteiger partial charge >= 0.3 is 0 Å². The van der Waals surface area contributed by atoms with Crippen LogP contribution in [0.4, 0.5) is 4.39 Å². The van der Waals surface area contributed by atoms with Gasteiger partial charge in [-0.2, -0.15) is 4.98 Å². The summed E-state index contributed by atoms with van der Waals surface area (Å²) in [7, 11) is 0. The van der Waals surface area contributed by atoms with Crippen molar-refractivity contribution in [2.24, 2.45) is 0 Å². The van der Waals surface area contributed by atoms with Crippen molar-refractivity contribution in [2.75, 3.05) is 6.54 Å². The lowest BCUT2D eigenvalue weighted by Gasteiger charge is -2.07. The molecule has 0 unspecified atom stereocenters. The lowest BCUT2D eigenvalue weighted by atomic mass is 10.1. The number of unbranched alkanes of at least 4 members (excludes halogenated alkanes) is 8. The summed E-state index contributed by atoms with van der Waals surface area (Å²) in [6.45, 7) is 3.69. The van der Waals surface area contributed by atoms with Crippen molar-refractivity contribution in [3.63, 3.8) is 0 Å². The zero-order valence-corrected chi connectivity index (χ0v) is 20.0. The predicted octanol–water partition coefficient (Wildman–Crippen LogP) is 7.28. The monoisotopic (exact) mass is 451 g/mol. The second kappa shape index (κ2) is 14.6. The van der Waals surface area contributed by atoms with E-state index in [1.807, 2.05) is 24.3 Å². The molecule has 0 aliphatic heterocycles. The molecule has 0 spiro atoms. The summed E-state index contributed by atoms with van der Waals surface area (Å²) in [6.07, 6.45) is 13.3. The van der Waals surface area contributed by atoms with Crippen molar-refractivity contribution in [3.8, 4) is 11.5 Å². The van der Waals surface area contributed by atoms with Gasteiger partial charge < -0.3 is 9.84 Å². The smallest absolute Gasteiger partial charge is 0.257 e. The van der Waals surface area contributed by atoms with Crippen LogP contribution in [0, 0.1) is 5.82 Å². The van der Waals surface area contributed by atoms with Crippen LogP contribution in [-0.4, -0.2) is 16.7 Å². The quantitative estimate of drug-likeness (QED) is 0.232. The summed E-state index contributed by atoms with van der Waals surface area (Å²) < 4.78 is 19.2. The Bertz CT molecular complexity index is 940. The lowest BCUT2D eigenvalue weighted by molar-refractivity contribution is 0.420. The first-order valence-electron chi connectivity index (χ1n) is 12.6. The minimum absolute atomic E-state index is 0.143. The summed E-state index contributed by atoms with van der Waals surface area (Å²) in [5.74, 6) is 1.23. The zero-order valence-electron chi connectivity index (χ0n) is 20.0. The van der Waals surface area contributed by atoms with E-state index in [0.29, 0.717) is 25.4 Å². The van der Waals surface area contributed by atoms with E-state index in [-0.39, 0.29) is 5.82 Å². The van der Waals surface area contributed by atoms with Gasteiger partial charge in [-0.3, -0.25) is 0 Å². The standard InChI is InChI=1S/C28H38FN3O/c1-2-3-4-5-6-7-8-9-10-18-27-31-28(33-32-27)25-16-13-14-23(21-25)22-30-20-19-24-15-11-12-17-26(24)29/h11-17,21,30H,2-10,18-20,22H2,1H3. The maximum atomic E-state index is 13.7. The summed E-state index contributed by atoms with van der Waals surface area (Å²) in [5.41, 5.74) is 2.82. The Balaban J connectivity index is 1.36. The van der Waals surface area contributed by atoms with Gasteiger partial charge in [-0.1, -0.05) is 93.8 Å². The van der Waals surface area contributed by atoms with Gasteiger partial charge in [-0.15, -0.1) is 0 Å². The molecule has 33 heavy (non-hydrogen) atoms. The molecule has 0 saturated heterocycles. The first kappa shape index (κ1) is 25.1. The van der Waals surface area contributed by atoms with Crippen LogP contribution in [0.25, 0.3) is 11.5 Å². The molecule has 0 amide bonds. The highest BCUT2D eigenvalue weighted by atomic mass is 19.1. The summed E-state index contributed by atoms with van der Waals surface area (Å²) >= 11 is 0. The fourth-order valence-corrected chi connectivity index (χ4v) is 4.04. The fourth-order valence-electron chi connectivity index (χ4n) is 4.04. The Morgan fingerprint density at radius 3 is 2.39 bits per heavy atom. The van der Waals surface area contributed by atoms with Crippen molar-refractivity contribution in [1.29, 1.82) is 0 Å². The highest BCUT2D eigenvalue weighted by molar-refractivity contribution is 5.54. The second-order valence-corrected chi connectivity index (χ2v) is 8.81. The number of nitrogens with one attached hydrogen (secondary N) is 1. The minimum Gasteiger partial charge on any atom is -0.334 e. The third kappa shape index (κ3) is 9.09. The van der Waals surface area contributed by atoms with Gasteiger partial charge in [0.15, 0.2) is 5.82 Å². The number of halogens is 1. The maximum absolute atomic E-state index is 13.7. The first-order chi connectivity index (χ1) is 16.3. The van der Waals surface area contributed by atoms with Crippen LogP contribution in [0.5, 0.6) is 0 Å². The summed E-state index contributed by atoms with van der Waals surface area (Å²) in [5, 5.41) is 7.56. The number of rotatable bonds is 16. The van der Waals surface area contributed by atoms with Crippen LogP contribution in [0.2, 0.25) is 0 Å². The third-order valence-electron chi connectivity index (χ3n) is 6.00. The molecule has 1 heterocycles. The molecular formula is C28H38FN3O. The molecule has 0 bridgehead atoms. The van der Waals surface area contributed by atoms with E-state index in [4.69, 9.17) is 4.52 Å². The third-order valence-corrected chi connectivity index (χ3v) is 6.00. The molecule has 178 valence electrons. The number of aryl methyl sites for hydroxylation is 1. The van der Waals surface area contributed by atoms with Crippen LogP contribution >= 0.6 is 0 Å². The highest BCUT2D eigenvalue weighted by Gasteiger charge is 2.09. The van der Waals surface area contributed by atoms with E-state index in [1.54, 1.807) is 6.07 Å². The van der Waals surface area contributed by atoms with Crippen molar-refractivity contribution >= 4 is 0 Å². The average Bonchev–Trinajstić information content (AvgIpc) is 3.31. The molecule has 0 saturated carbocycles. The Morgan fingerprint density at radius 2 is 1.61 bits per heavy atom. The van der Waals surface area contributed by atoms with Crippen molar-refractivity contribution in [3.05, 3.63) is 71.3 Å². The van der Waals surface area contributed by atoms with Gasteiger partial charge in [-0.05, 0) is 48.7 Å². The van der Waals surface area contributed by atoms with Crippen LogP contribution in [0.3, 0.4) is 0 Å². The van der Waals surface area contributed by atoms with Gasteiger partial charge in [0.1, 0.15) is 5.82 Å². The van der Waals surface area contributed by atoms with E-state index in [2.05, 4.69) is 34.5 Å². The summed E-state index contributed by atoms with van der Waals surface area (Å²) in [4.78, 5) is 4.60. The van der Waals surface area contributed by atoms with Gasteiger partial charge in [0.2, 0.25) is 0 Å². The van der Waals surface area contributed by atoms with Crippen LogP contribution in [-0.2, 0) is 19.4 Å². The molecule has 3 aromatic rings. The molecule has 1 aromatic heterocycles. The molecule has 0 fully saturated rings. The van der Waals surface area contributed by atoms with E-state index >= 15 is 0 Å². The van der Waals surface area contributed by atoms with Gasteiger partial charge in [0, 0.05) is 18.5 Å². The van der Waals surface area contributed by atoms with E-state index < -0.39 is 0 Å². The number of aromatic nitrogens is 2. The normalized spacial score (nSPS) is 11.2. The Hall–Kier alpha value is -2.53. The lowest BCUT2D eigenvalue weighted by Crippen LogP contribution is -2.17. The minimum atomic E-state index is -0.143. The molecule has 0 atom stereocenters. The van der Waals surface area contributed by atoms with Crippen molar-refractivity contribution in [2.45, 2.75) is 84.1 Å². The van der Waals surface area contributed by atoms with Crippen LogP contribution in [0.1, 0.15) is 81.7 Å². The largest absolute Gasteiger partial charge is 0.334 e. The molecule has 4 nitrogen and oxygen atoms in total. The Morgan fingerprint density at radius 1 is 0.848 bits per heavy atom. The number of hydrogen-bond acceptors (Lipinski definition) is 4. The highest BCUT2D eigenvalue weighted by Crippen LogP contribution is 2.19. The number of benzene rings is 2. The summed E-state index contributed by atoms with van der Waals surface area (Å²) in [6, 6.07) is 15.1. The van der Waals surface area contributed by atoms with Gasteiger partial charge in [0.05, 0.1) is 0 Å². The first-order valence-corrected chi connectivity index (χ1v) is 12.6. The number of nitrogens with zero attached hydrogens (tertiary/aromatic N) is 2. The van der Waals surface area contributed by atoms with Crippen LogP contribution < -0.4 is 5.32 Å². The SMILES string of the molecule is CCCCCCCCCCCc1noc(-c2cccc(CNCCc3ccccc3F)c2)n1. The maximum Gasteiger partial charge on any atom is 0.257 e. The zero-order chi connectivity index (χ0) is 23.1. The molecule has 2 aromatic carbocycles. The van der Waals surface area contributed by atoms with Crippen molar-refractivity contribution in [1.82, 2.24) is 15.5 Å². The van der Waals surface area contributed by atoms with E-state index in [9.17, 15) is 4.39 Å². The Labute approximate surface area is 198 Å². The molecule has 0 aliphatic rings. The predicted molar refractivity (Wildman–Crippen MR) is 132 cm³/mol. The molecule has 1 N–H and O–H groups in total. The molecule has 0 radical (unpaired) electrons. The second-order valence-electron chi connectivity index (χ2n) is 8.81. The van der Waals surface area contributed by atoms with Gasteiger partial charge in [-0.25, -0.2) is 4.39 Å². The van der Waals surface area contributed by atoms with E-state index in [0.717, 1.165) is 35.4 Å². The molecule has 0 aliphatic carbocycles.